The van der Waals surface area contributed by atoms with Crippen molar-refractivity contribution in [1.82, 2.24) is 25.1 Å². The van der Waals surface area contributed by atoms with Gasteiger partial charge in [-0.2, -0.15) is 15.1 Å². The summed E-state index contributed by atoms with van der Waals surface area (Å²) in [4.78, 5) is 24.2. The lowest BCUT2D eigenvalue weighted by atomic mass is 10.3. The number of hydrogen-bond donors (Lipinski definition) is 1. The lowest BCUT2D eigenvalue weighted by Gasteiger charge is -2.07. The molecule has 25 heavy (non-hydrogen) atoms. The predicted octanol–water partition coefficient (Wildman–Crippen LogP) is 1.31. The highest BCUT2D eigenvalue weighted by atomic mass is 16.5. The molecule has 0 bridgehead atoms. The van der Waals surface area contributed by atoms with Crippen molar-refractivity contribution >= 4 is 18.3 Å². The fraction of sp³-hybridized carbons (Fsp3) is 0.188. The Morgan fingerprint density at radius 3 is 2.60 bits per heavy atom. The van der Waals surface area contributed by atoms with Gasteiger partial charge in [-0.3, -0.25) is 9.79 Å². The Labute approximate surface area is 144 Å². The number of carbonyl (C=O) groups is 1. The molecular weight excluding hydrogens is 324 g/mol. The van der Waals surface area contributed by atoms with Crippen LogP contribution in [0.4, 0.5) is 0 Å². The molecule has 2 aromatic heterocycles. The molecule has 0 atom stereocenters. The summed E-state index contributed by atoms with van der Waals surface area (Å²) in [5, 5.41) is 6.80. The van der Waals surface area contributed by atoms with Crippen molar-refractivity contribution in [3.8, 4) is 11.8 Å². The van der Waals surface area contributed by atoms with E-state index in [0.29, 0.717) is 28.8 Å². The van der Waals surface area contributed by atoms with E-state index in [4.69, 9.17) is 9.47 Å². The summed E-state index contributed by atoms with van der Waals surface area (Å²) < 4.78 is 11.6. The van der Waals surface area contributed by atoms with E-state index in [1.54, 1.807) is 18.3 Å². The van der Waals surface area contributed by atoms with Gasteiger partial charge in [0.2, 0.25) is 11.8 Å². The summed E-state index contributed by atoms with van der Waals surface area (Å²) in [6, 6.07) is 1.55. The van der Waals surface area contributed by atoms with Gasteiger partial charge in [0, 0.05) is 6.20 Å². The van der Waals surface area contributed by atoms with Crippen molar-refractivity contribution in [2.45, 2.75) is 6.54 Å². The first-order chi connectivity index (χ1) is 12.1. The molecule has 0 aromatic carbocycles. The van der Waals surface area contributed by atoms with Gasteiger partial charge in [0.05, 0.1) is 50.5 Å². The highest BCUT2D eigenvalue weighted by molar-refractivity contribution is 5.93. The van der Waals surface area contributed by atoms with E-state index in [2.05, 4.69) is 38.7 Å². The van der Waals surface area contributed by atoms with Crippen molar-refractivity contribution in [3.05, 3.63) is 48.7 Å². The van der Waals surface area contributed by atoms with Gasteiger partial charge in [-0.1, -0.05) is 6.58 Å². The number of aliphatic imine (C=N–C) groups is 1. The number of amides is 1. The summed E-state index contributed by atoms with van der Waals surface area (Å²) in [6.07, 6.45) is 6.03. The predicted molar refractivity (Wildman–Crippen MR) is 92.6 cm³/mol. The van der Waals surface area contributed by atoms with E-state index < -0.39 is 0 Å². The first-order valence-electron chi connectivity index (χ1n) is 7.19. The van der Waals surface area contributed by atoms with Crippen LogP contribution in [0.5, 0.6) is 11.8 Å². The number of nitrogens with zero attached hydrogens (tertiary/aromatic N) is 5. The van der Waals surface area contributed by atoms with Crippen LogP contribution in [0.1, 0.15) is 16.2 Å². The van der Waals surface area contributed by atoms with Gasteiger partial charge in [0.1, 0.15) is 0 Å². The second kappa shape index (κ2) is 8.39. The number of ether oxygens (including phenoxy) is 2. The van der Waals surface area contributed by atoms with E-state index >= 15 is 0 Å². The molecular formula is C16H18N6O3. The van der Waals surface area contributed by atoms with E-state index in [9.17, 15) is 4.79 Å². The topological polar surface area (TPSA) is 104 Å². The first kappa shape index (κ1) is 17.9. The van der Waals surface area contributed by atoms with E-state index in [1.165, 1.54) is 31.3 Å². The zero-order valence-corrected chi connectivity index (χ0v) is 14.0. The largest absolute Gasteiger partial charge is 0.481 e. The Morgan fingerprint density at radius 1 is 1.36 bits per heavy atom. The Kier molecular flexibility index (Phi) is 5.99. The lowest BCUT2D eigenvalue weighted by Crippen LogP contribution is -2.23. The summed E-state index contributed by atoms with van der Waals surface area (Å²) in [5.74, 6) is 0.731. The van der Waals surface area contributed by atoms with Crippen LogP contribution in [0.2, 0.25) is 0 Å². The molecule has 2 aromatic rings. The van der Waals surface area contributed by atoms with Crippen molar-refractivity contribution < 1.29 is 14.3 Å². The molecule has 130 valence electrons. The number of nitrogens with one attached hydrogen (secondary N) is 1. The number of rotatable bonds is 8. The Morgan fingerprint density at radius 2 is 2.04 bits per heavy atom. The molecule has 1 N–H and O–H groups in total. The van der Waals surface area contributed by atoms with Crippen LogP contribution in [0.3, 0.4) is 0 Å². The summed E-state index contributed by atoms with van der Waals surface area (Å²) >= 11 is 0. The zero-order valence-electron chi connectivity index (χ0n) is 14.0. The number of carbonyl (C=O) groups excluding carboxylic acids is 1. The molecule has 0 aliphatic carbocycles. The summed E-state index contributed by atoms with van der Waals surface area (Å²) in [6.45, 7) is 7.15. The van der Waals surface area contributed by atoms with Crippen molar-refractivity contribution in [2.75, 3.05) is 14.2 Å². The summed E-state index contributed by atoms with van der Waals surface area (Å²) in [7, 11) is 2.97. The molecule has 0 spiro atoms. The maximum atomic E-state index is 12.2. The minimum absolute atomic E-state index is 0.107. The van der Waals surface area contributed by atoms with Crippen LogP contribution in [-0.2, 0) is 6.54 Å². The molecule has 0 fully saturated rings. The third kappa shape index (κ3) is 4.50. The van der Waals surface area contributed by atoms with Crippen LogP contribution in [0.25, 0.3) is 5.70 Å². The van der Waals surface area contributed by atoms with E-state index in [-0.39, 0.29) is 12.5 Å². The van der Waals surface area contributed by atoms with Gasteiger partial charge < -0.3 is 14.8 Å². The molecule has 0 aliphatic rings. The maximum absolute atomic E-state index is 12.2. The third-order valence-corrected chi connectivity index (χ3v) is 3.09. The molecule has 1 amide bonds. The van der Waals surface area contributed by atoms with Gasteiger partial charge in [-0.15, -0.1) is 0 Å². The zero-order chi connectivity index (χ0) is 18.2. The van der Waals surface area contributed by atoms with E-state index in [0.717, 1.165) is 0 Å². The number of allylic oxidation sites excluding steroid dienone is 2. The second-order valence-electron chi connectivity index (χ2n) is 4.67. The van der Waals surface area contributed by atoms with Crippen molar-refractivity contribution in [3.63, 3.8) is 0 Å². The van der Waals surface area contributed by atoms with Crippen molar-refractivity contribution in [1.29, 1.82) is 0 Å². The quantitative estimate of drug-likeness (QED) is 0.573. The number of methoxy groups -OCH3 is 2. The van der Waals surface area contributed by atoms with Crippen LogP contribution in [-0.4, -0.2) is 46.6 Å². The molecule has 0 unspecified atom stereocenters. The molecule has 0 aliphatic heterocycles. The maximum Gasteiger partial charge on any atom is 0.254 e. The fourth-order valence-electron chi connectivity index (χ4n) is 1.88. The summed E-state index contributed by atoms with van der Waals surface area (Å²) in [5.41, 5.74) is 0.960. The number of aromatic nitrogens is 4. The molecule has 0 saturated carbocycles. The smallest absolute Gasteiger partial charge is 0.254 e. The first-order valence-corrected chi connectivity index (χ1v) is 7.19. The van der Waals surface area contributed by atoms with Crippen LogP contribution < -0.4 is 14.8 Å². The molecule has 2 heterocycles. The van der Waals surface area contributed by atoms with Gasteiger partial charge in [0.15, 0.2) is 5.82 Å². The third-order valence-electron chi connectivity index (χ3n) is 3.09. The average Bonchev–Trinajstić information content (AvgIpc) is 3.13. The van der Waals surface area contributed by atoms with Crippen molar-refractivity contribution in [2.24, 2.45) is 4.99 Å². The minimum Gasteiger partial charge on any atom is -0.481 e. The minimum atomic E-state index is -0.327. The van der Waals surface area contributed by atoms with Gasteiger partial charge in [-0.05, 0) is 12.8 Å². The lowest BCUT2D eigenvalue weighted by molar-refractivity contribution is 0.0949. The molecule has 9 nitrogen and oxygen atoms in total. The van der Waals surface area contributed by atoms with Gasteiger partial charge in [0.25, 0.3) is 5.91 Å². The normalized spacial score (nSPS) is 10.9. The van der Waals surface area contributed by atoms with Crippen LogP contribution in [0.15, 0.2) is 42.3 Å². The fourth-order valence-corrected chi connectivity index (χ4v) is 1.88. The second-order valence-corrected chi connectivity index (χ2v) is 4.67. The molecule has 0 saturated heterocycles. The Hall–Kier alpha value is -3.49. The monoisotopic (exact) mass is 342 g/mol. The number of hydrogen-bond acceptors (Lipinski definition) is 7. The molecule has 2 rings (SSSR count). The Balaban J connectivity index is 2.08. The van der Waals surface area contributed by atoms with Gasteiger partial charge in [-0.25, -0.2) is 4.68 Å². The van der Waals surface area contributed by atoms with Gasteiger partial charge >= 0.3 is 0 Å². The molecule has 0 radical (unpaired) electrons. The van der Waals surface area contributed by atoms with Crippen LogP contribution in [0, 0.1) is 0 Å². The van der Waals surface area contributed by atoms with E-state index in [1.807, 2.05) is 0 Å². The average molecular weight is 342 g/mol. The highest BCUT2D eigenvalue weighted by Gasteiger charge is 2.11. The Bertz CT molecular complexity index is 790. The standard InChI is InChI=1S/C16H18N6O3/c1-5-12(8-17-2)22-10-11(7-19-22)16(23)18-9-13-20-14(24-3)6-15(21-13)25-4/h5-8,10H,1-2,9H2,3-4H3,(H,18,23)/b12-8+. The SMILES string of the molecule is C=C/C(=C\N=C)n1cc(C(=O)NCc2nc(OC)cc(OC)n2)cn1. The van der Waals surface area contributed by atoms with Crippen LogP contribution >= 0.6 is 0 Å². The molecule has 9 heteroatoms. The highest BCUT2D eigenvalue weighted by Crippen LogP contribution is 2.14.